The first-order valence-electron chi connectivity index (χ1n) is 7.47. The van der Waals surface area contributed by atoms with E-state index in [0.717, 1.165) is 17.3 Å². The molecule has 0 aromatic heterocycles. The van der Waals surface area contributed by atoms with Crippen LogP contribution >= 0.6 is 15.9 Å². The summed E-state index contributed by atoms with van der Waals surface area (Å²) in [6.07, 6.45) is 5.13. The quantitative estimate of drug-likeness (QED) is 0.852. The lowest BCUT2D eigenvalue weighted by atomic mass is 9.95. The number of hydrogen-bond acceptors (Lipinski definition) is 3. The van der Waals surface area contributed by atoms with E-state index in [-0.39, 0.29) is 18.6 Å². The lowest BCUT2D eigenvalue weighted by Gasteiger charge is -2.25. The molecule has 1 unspecified atom stereocenters. The minimum atomic E-state index is -0.587. The van der Waals surface area contributed by atoms with Crippen LogP contribution < -0.4 is 10.1 Å². The van der Waals surface area contributed by atoms with E-state index in [1.165, 1.54) is 19.3 Å². The third-order valence-electron chi connectivity index (χ3n) is 3.83. The Labute approximate surface area is 134 Å². The van der Waals surface area contributed by atoms with Gasteiger partial charge in [-0.3, -0.25) is 4.79 Å². The van der Waals surface area contributed by atoms with Gasteiger partial charge in [-0.25, -0.2) is 0 Å². The first-order chi connectivity index (χ1) is 10.1. The summed E-state index contributed by atoms with van der Waals surface area (Å²) in [5.74, 6) is 0.438. The zero-order valence-electron chi connectivity index (χ0n) is 12.3. The van der Waals surface area contributed by atoms with Gasteiger partial charge in [0, 0.05) is 11.6 Å². The maximum atomic E-state index is 12.2. The number of nitrogens with one attached hydrogen (secondary N) is 1. The Hall–Kier alpha value is -1.07. The van der Waals surface area contributed by atoms with Crippen molar-refractivity contribution in [3.8, 4) is 5.75 Å². The summed E-state index contributed by atoms with van der Waals surface area (Å²) in [5, 5.41) is 12.4. The van der Waals surface area contributed by atoms with Crippen LogP contribution in [-0.2, 0) is 11.4 Å². The molecule has 116 valence electrons. The summed E-state index contributed by atoms with van der Waals surface area (Å²) in [4.78, 5) is 12.2. The van der Waals surface area contributed by atoms with Crippen molar-refractivity contribution in [3.05, 3.63) is 28.2 Å². The van der Waals surface area contributed by atoms with Gasteiger partial charge in [0.2, 0.25) is 0 Å². The molecule has 0 aliphatic heterocycles. The molecule has 5 heteroatoms. The molecule has 1 aliphatic carbocycles. The zero-order valence-corrected chi connectivity index (χ0v) is 13.9. The number of para-hydroxylation sites is 1. The number of carbonyl (C=O) groups is 1. The number of rotatable bonds is 5. The van der Waals surface area contributed by atoms with Crippen molar-refractivity contribution in [2.75, 3.05) is 0 Å². The standard InChI is InChI=1S/C16H22BrNO3/c1-11(16(20)18-13-7-3-2-4-8-13)21-15-12(10-19)6-5-9-14(15)17/h5-6,9,11,13,19H,2-4,7-8,10H2,1H3,(H,18,20). The molecule has 2 N–H and O–H groups in total. The molecule has 1 fully saturated rings. The number of aliphatic hydroxyl groups excluding tert-OH is 1. The van der Waals surface area contributed by atoms with Crippen molar-refractivity contribution in [1.82, 2.24) is 5.32 Å². The van der Waals surface area contributed by atoms with Crippen molar-refractivity contribution < 1.29 is 14.6 Å². The van der Waals surface area contributed by atoms with Gasteiger partial charge in [-0.15, -0.1) is 0 Å². The Balaban J connectivity index is 1.97. The largest absolute Gasteiger partial charge is 0.479 e. The molecule has 0 radical (unpaired) electrons. The molecule has 1 saturated carbocycles. The summed E-state index contributed by atoms with van der Waals surface area (Å²) in [6, 6.07) is 5.72. The average Bonchev–Trinajstić information content (AvgIpc) is 2.50. The van der Waals surface area contributed by atoms with E-state index in [1.54, 1.807) is 13.0 Å². The molecule has 1 aromatic carbocycles. The van der Waals surface area contributed by atoms with E-state index < -0.39 is 6.10 Å². The second kappa shape index (κ2) is 7.80. The SMILES string of the molecule is CC(Oc1c(Br)cccc1CO)C(=O)NC1CCCCC1. The predicted molar refractivity (Wildman–Crippen MR) is 85.2 cm³/mol. The van der Waals surface area contributed by atoms with Gasteiger partial charge in [-0.05, 0) is 41.8 Å². The minimum absolute atomic E-state index is 0.0958. The Kier molecular flexibility index (Phi) is 6.06. The van der Waals surface area contributed by atoms with Gasteiger partial charge in [0.05, 0.1) is 11.1 Å². The third-order valence-corrected chi connectivity index (χ3v) is 4.46. The van der Waals surface area contributed by atoms with Gasteiger partial charge < -0.3 is 15.2 Å². The van der Waals surface area contributed by atoms with Crippen LogP contribution in [0.1, 0.15) is 44.6 Å². The number of benzene rings is 1. The van der Waals surface area contributed by atoms with E-state index in [1.807, 2.05) is 12.1 Å². The van der Waals surface area contributed by atoms with Crippen molar-refractivity contribution in [1.29, 1.82) is 0 Å². The molecule has 1 aliphatic rings. The van der Waals surface area contributed by atoms with Gasteiger partial charge in [0.1, 0.15) is 5.75 Å². The Morgan fingerprint density at radius 2 is 2.14 bits per heavy atom. The lowest BCUT2D eigenvalue weighted by molar-refractivity contribution is -0.128. The topological polar surface area (TPSA) is 58.6 Å². The van der Waals surface area contributed by atoms with Crippen LogP contribution in [0.3, 0.4) is 0 Å². The highest BCUT2D eigenvalue weighted by molar-refractivity contribution is 9.10. The molecule has 1 atom stereocenters. The number of ether oxygens (including phenoxy) is 1. The van der Waals surface area contributed by atoms with Crippen LogP contribution in [0.2, 0.25) is 0 Å². The monoisotopic (exact) mass is 355 g/mol. The van der Waals surface area contributed by atoms with Gasteiger partial charge >= 0.3 is 0 Å². The zero-order chi connectivity index (χ0) is 15.2. The van der Waals surface area contributed by atoms with Crippen LogP contribution in [0.5, 0.6) is 5.75 Å². The molecule has 0 heterocycles. The number of hydrogen-bond donors (Lipinski definition) is 2. The Bertz CT molecular complexity index is 486. The van der Waals surface area contributed by atoms with E-state index in [0.29, 0.717) is 11.3 Å². The summed E-state index contributed by atoms with van der Waals surface area (Å²) >= 11 is 3.40. The summed E-state index contributed by atoms with van der Waals surface area (Å²) in [5.41, 5.74) is 0.668. The number of carbonyl (C=O) groups excluding carboxylic acids is 1. The first kappa shape index (κ1) is 16.3. The molecule has 2 rings (SSSR count). The molecular weight excluding hydrogens is 334 g/mol. The van der Waals surface area contributed by atoms with Gasteiger partial charge in [-0.2, -0.15) is 0 Å². The molecule has 4 nitrogen and oxygen atoms in total. The van der Waals surface area contributed by atoms with Crippen molar-refractivity contribution in [2.24, 2.45) is 0 Å². The van der Waals surface area contributed by atoms with E-state index in [9.17, 15) is 9.90 Å². The maximum absolute atomic E-state index is 12.2. The van der Waals surface area contributed by atoms with Crippen molar-refractivity contribution >= 4 is 21.8 Å². The molecule has 1 amide bonds. The number of amides is 1. The van der Waals surface area contributed by atoms with E-state index in [4.69, 9.17) is 4.74 Å². The Morgan fingerprint density at radius 3 is 2.81 bits per heavy atom. The predicted octanol–water partition coefficient (Wildman–Crippen LogP) is 3.16. The second-order valence-electron chi connectivity index (χ2n) is 5.49. The fourth-order valence-corrected chi connectivity index (χ4v) is 3.11. The van der Waals surface area contributed by atoms with Gasteiger partial charge in [0.25, 0.3) is 5.91 Å². The van der Waals surface area contributed by atoms with E-state index >= 15 is 0 Å². The Morgan fingerprint density at radius 1 is 1.43 bits per heavy atom. The summed E-state index contributed by atoms with van der Waals surface area (Å²) in [6.45, 7) is 1.62. The molecular formula is C16H22BrNO3. The molecule has 0 spiro atoms. The van der Waals surface area contributed by atoms with Gasteiger partial charge in [0.15, 0.2) is 6.10 Å². The highest BCUT2D eigenvalue weighted by Crippen LogP contribution is 2.30. The van der Waals surface area contributed by atoms with Crippen molar-refractivity contribution in [2.45, 2.75) is 57.8 Å². The molecule has 0 saturated heterocycles. The fourth-order valence-electron chi connectivity index (χ4n) is 2.61. The van der Waals surface area contributed by atoms with E-state index in [2.05, 4.69) is 21.2 Å². The lowest BCUT2D eigenvalue weighted by Crippen LogP contribution is -2.43. The minimum Gasteiger partial charge on any atom is -0.479 e. The summed E-state index contributed by atoms with van der Waals surface area (Å²) in [7, 11) is 0. The second-order valence-corrected chi connectivity index (χ2v) is 6.34. The van der Waals surface area contributed by atoms with Gasteiger partial charge in [-0.1, -0.05) is 31.4 Å². The molecule has 1 aromatic rings. The fraction of sp³-hybridized carbons (Fsp3) is 0.562. The highest BCUT2D eigenvalue weighted by Gasteiger charge is 2.22. The number of halogens is 1. The summed E-state index contributed by atoms with van der Waals surface area (Å²) < 4.78 is 6.49. The van der Waals surface area contributed by atoms with Crippen LogP contribution in [0.4, 0.5) is 0 Å². The average molecular weight is 356 g/mol. The normalized spacial score (nSPS) is 17.3. The number of aliphatic hydroxyl groups is 1. The van der Waals surface area contributed by atoms with Crippen LogP contribution in [0.25, 0.3) is 0 Å². The smallest absolute Gasteiger partial charge is 0.260 e. The maximum Gasteiger partial charge on any atom is 0.260 e. The molecule has 0 bridgehead atoms. The third kappa shape index (κ3) is 4.45. The first-order valence-corrected chi connectivity index (χ1v) is 8.26. The van der Waals surface area contributed by atoms with Crippen molar-refractivity contribution in [3.63, 3.8) is 0 Å². The van der Waals surface area contributed by atoms with Crippen LogP contribution in [-0.4, -0.2) is 23.2 Å². The highest BCUT2D eigenvalue weighted by atomic mass is 79.9. The van der Waals surface area contributed by atoms with Crippen LogP contribution in [0, 0.1) is 0 Å². The van der Waals surface area contributed by atoms with Crippen LogP contribution in [0.15, 0.2) is 22.7 Å². The molecule has 21 heavy (non-hydrogen) atoms.